The van der Waals surface area contributed by atoms with Gasteiger partial charge in [-0.2, -0.15) is 0 Å². The van der Waals surface area contributed by atoms with E-state index in [0.717, 1.165) is 28.2 Å². The van der Waals surface area contributed by atoms with Crippen LogP contribution in [0.15, 0.2) is 82.9 Å². The summed E-state index contributed by atoms with van der Waals surface area (Å²) in [6.07, 6.45) is 3.33. The van der Waals surface area contributed by atoms with Crippen molar-refractivity contribution in [2.75, 3.05) is 6.61 Å². The number of thioether (sulfide) groups is 1. The molecule has 0 radical (unpaired) electrons. The van der Waals surface area contributed by atoms with Crippen molar-refractivity contribution in [2.45, 2.75) is 44.9 Å². The van der Waals surface area contributed by atoms with E-state index in [1.807, 2.05) is 19.9 Å². The summed E-state index contributed by atoms with van der Waals surface area (Å²) in [6.45, 7) is 6.84. The molecule has 2 atom stereocenters. The number of rotatable bonds is 8. The number of hydrogen-bond acceptors (Lipinski definition) is 3. The quantitative estimate of drug-likeness (QED) is 0.303. The lowest BCUT2D eigenvalue weighted by atomic mass is 9.98. The first-order valence-corrected chi connectivity index (χ1v) is 12.5. The lowest BCUT2D eigenvalue weighted by Crippen LogP contribution is -2.03. The lowest BCUT2D eigenvalue weighted by molar-refractivity contribution is 0.257. The molecule has 1 heterocycles. The van der Waals surface area contributed by atoms with E-state index in [4.69, 9.17) is 4.74 Å². The van der Waals surface area contributed by atoms with Gasteiger partial charge in [0.2, 0.25) is 0 Å². The van der Waals surface area contributed by atoms with Crippen LogP contribution in [0.25, 0.3) is 11.1 Å². The molecule has 0 aliphatic carbocycles. The SMILES string of the molecule is C/C=C(/OCC)SC(C)c1ccc(-c2ccc(C3CCC(c4c(F)cccc4F)=N3)cc2)cc1. The highest BCUT2D eigenvalue weighted by Gasteiger charge is 2.24. The smallest absolute Gasteiger partial charge is 0.149 e. The highest BCUT2D eigenvalue weighted by atomic mass is 32.2. The summed E-state index contributed by atoms with van der Waals surface area (Å²) in [7, 11) is 0. The Labute approximate surface area is 204 Å². The minimum Gasteiger partial charge on any atom is -0.488 e. The molecule has 1 aliphatic rings. The van der Waals surface area contributed by atoms with Gasteiger partial charge in [0.15, 0.2) is 0 Å². The van der Waals surface area contributed by atoms with E-state index in [9.17, 15) is 8.78 Å². The second-order valence-corrected chi connectivity index (χ2v) is 9.62. The van der Waals surface area contributed by atoms with Crippen LogP contribution < -0.4 is 0 Å². The fourth-order valence-electron chi connectivity index (χ4n) is 4.21. The molecule has 4 rings (SSSR count). The fourth-order valence-corrected chi connectivity index (χ4v) is 5.17. The molecule has 34 heavy (non-hydrogen) atoms. The predicted molar refractivity (Wildman–Crippen MR) is 138 cm³/mol. The average molecular weight is 478 g/mol. The molecular weight excluding hydrogens is 448 g/mol. The zero-order valence-corrected chi connectivity index (χ0v) is 20.5. The lowest BCUT2D eigenvalue weighted by Gasteiger charge is -2.15. The van der Waals surface area contributed by atoms with Crippen molar-refractivity contribution in [3.8, 4) is 11.1 Å². The Bertz CT molecular complexity index is 1170. The van der Waals surface area contributed by atoms with Gasteiger partial charge in [0.25, 0.3) is 0 Å². The first kappa shape index (κ1) is 24.2. The van der Waals surface area contributed by atoms with Crippen LogP contribution >= 0.6 is 11.8 Å². The number of hydrogen-bond donors (Lipinski definition) is 0. The Kier molecular flexibility index (Phi) is 7.84. The first-order valence-electron chi connectivity index (χ1n) is 11.7. The zero-order chi connectivity index (χ0) is 24.1. The van der Waals surface area contributed by atoms with E-state index in [1.165, 1.54) is 23.8 Å². The molecular formula is C29H29F2NOS. The molecule has 0 saturated heterocycles. The summed E-state index contributed by atoms with van der Waals surface area (Å²) in [4.78, 5) is 4.65. The van der Waals surface area contributed by atoms with Crippen LogP contribution in [0.5, 0.6) is 0 Å². The van der Waals surface area contributed by atoms with Crippen molar-refractivity contribution in [1.29, 1.82) is 0 Å². The van der Waals surface area contributed by atoms with Gasteiger partial charge in [-0.1, -0.05) is 66.4 Å². The molecule has 0 fully saturated rings. The number of halogens is 2. The molecule has 176 valence electrons. The van der Waals surface area contributed by atoms with E-state index < -0.39 is 11.6 Å². The van der Waals surface area contributed by atoms with Crippen LogP contribution in [0, 0.1) is 11.6 Å². The van der Waals surface area contributed by atoms with Crippen LogP contribution in [0.4, 0.5) is 8.78 Å². The summed E-state index contributed by atoms with van der Waals surface area (Å²) in [5, 5.41) is 1.24. The normalized spacial score (nSPS) is 16.9. The van der Waals surface area contributed by atoms with Crippen LogP contribution in [0.1, 0.15) is 61.6 Å². The van der Waals surface area contributed by atoms with Crippen molar-refractivity contribution >= 4 is 17.5 Å². The number of ether oxygens (including phenoxy) is 1. The molecule has 0 aromatic heterocycles. The van der Waals surface area contributed by atoms with Gasteiger partial charge < -0.3 is 4.74 Å². The maximum atomic E-state index is 14.1. The minimum atomic E-state index is -0.550. The van der Waals surface area contributed by atoms with Crippen LogP contribution in [0.2, 0.25) is 0 Å². The van der Waals surface area contributed by atoms with E-state index >= 15 is 0 Å². The van der Waals surface area contributed by atoms with Gasteiger partial charge in [0.1, 0.15) is 16.7 Å². The van der Waals surface area contributed by atoms with Crippen LogP contribution in [-0.2, 0) is 4.74 Å². The number of nitrogens with zero attached hydrogens (tertiary/aromatic N) is 1. The van der Waals surface area contributed by atoms with Gasteiger partial charge in [0, 0.05) is 11.0 Å². The zero-order valence-electron chi connectivity index (χ0n) is 19.7. The minimum absolute atomic E-state index is 0.0110. The number of benzene rings is 3. The van der Waals surface area contributed by atoms with E-state index in [0.29, 0.717) is 24.0 Å². The highest BCUT2D eigenvalue weighted by Crippen LogP contribution is 2.36. The summed E-state index contributed by atoms with van der Waals surface area (Å²) >= 11 is 1.72. The molecule has 0 saturated carbocycles. The summed E-state index contributed by atoms with van der Waals surface area (Å²) in [6, 6.07) is 20.8. The predicted octanol–water partition coefficient (Wildman–Crippen LogP) is 8.65. The van der Waals surface area contributed by atoms with Crippen LogP contribution in [-0.4, -0.2) is 12.3 Å². The maximum Gasteiger partial charge on any atom is 0.149 e. The molecule has 0 N–H and O–H groups in total. The summed E-state index contributed by atoms with van der Waals surface area (Å²) in [5.41, 5.74) is 5.10. The van der Waals surface area contributed by atoms with Gasteiger partial charge in [-0.05, 0) is 74.1 Å². The molecule has 0 spiro atoms. The molecule has 2 unspecified atom stereocenters. The van der Waals surface area contributed by atoms with Gasteiger partial charge in [0.05, 0.1) is 18.2 Å². The Balaban J connectivity index is 1.45. The molecule has 1 aliphatic heterocycles. The topological polar surface area (TPSA) is 21.6 Å². The third kappa shape index (κ3) is 5.41. The Morgan fingerprint density at radius 1 is 1.03 bits per heavy atom. The van der Waals surface area contributed by atoms with E-state index in [1.54, 1.807) is 11.8 Å². The Morgan fingerprint density at radius 2 is 1.65 bits per heavy atom. The standard InChI is InChI=1S/C29H29F2NOS/c1-4-28(33-5-2)34-19(3)20-9-11-21(12-10-20)22-13-15-23(16-14-22)26-17-18-27(32-26)29-24(30)7-6-8-25(29)31/h4,6-16,19,26H,5,17-18H2,1-3H3/b28-4-. The largest absolute Gasteiger partial charge is 0.488 e. The molecule has 5 heteroatoms. The van der Waals surface area contributed by atoms with Crippen molar-refractivity contribution in [2.24, 2.45) is 4.99 Å². The second-order valence-electron chi connectivity index (χ2n) is 8.27. The molecule has 0 bridgehead atoms. The molecule has 3 aromatic carbocycles. The molecule has 0 amide bonds. The first-order chi connectivity index (χ1) is 16.5. The Hall–Kier alpha value is -2.92. The summed E-state index contributed by atoms with van der Waals surface area (Å²) in [5.74, 6) is -1.10. The van der Waals surface area contributed by atoms with Gasteiger partial charge >= 0.3 is 0 Å². The maximum absolute atomic E-state index is 14.1. The third-order valence-electron chi connectivity index (χ3n) is 6.04. The van der Waals surface area contributed by atoms with Crippen molar-refractivity contribution < 1.29 is 13.5 Å². The summed E-state index contributed by atoms with van der Waals surface area (Å²) < 4.78 is 33.9. The van der Waals surface area contributed by atoms with Gasteiger partial charge in [-0.25, -0.2) is 8.78 Å². The molecule has 2 nitrogen and oxygen atoms in total. The average Bonchev–Trinajstić information content (AvgIpc) is 3.33. The van der Waals surface area contributed by atoms with Gasteiger partial charge in [-0.3, -0.25) is 4.99 Å². The van der Waals surface area contributed by atoms with Crippen LogP contribution in [0.3, 0.4) is 0 Å². The van der Waals surface area contributed by atoms with Crippen molar-refractivity contribution in [3.05, 3.63) is 106 Å². The highest BCUT2D eigenvalue weighted by molar-refractivity contribution is 8.03. The van der Waals surface area contributed by atoms with E-state index in [2.05, 4.69) is 60.4 Å². The number of aliphatic imine (C=N–C) groups is 1. The van der Waals surface area contributed by atoms with E-state index in [-0.39, 0.29) is 11.6 Å². The fraction of sp³-hybridized carbons (Fsp3) is 0.276. The second kappa shape index (κ2) is 11.0. The monoisotopic (exact) mass is 477 g/mol. The number of allylic oxidation sites excluding steroid dienone is 1. The Morgan fingerprint density at radius 3 is 2.24 bits per heavy atom. The van der Waals surface area contributed by atoms with Crippen molar-refractivity contribution in [1.82, 2.24) is 0 Å². The van der Waals surface area contributed by atoms with Gasteiger partial charge in [-0.15, -0.1) is 0 Å². The third-order valence-corrected chi connectivity index (χ3v) is 7.25. The molecule has 3 aromatic rings. The van der Waals surface area contributed by atoms with Crippen molar-refractivity contribution in [3.63, 3.8) is 0 Å².